The lowest BCUT2D eigenvalue weighted by Crippen LogP contribution is -2.37. The fraction of sp³-hybridized carbons (Fsp3) is 0.500. The highest BCUT2D eigenvalue weighted by Gasteiger charge is 2.29. The molecule has 0 radical (unpaired) electrons. The minimum Gasteiger partial charge on any atom is -0.508 e. The van der Waals surface area contributed by atoms with Gasteiger partial charge >= 0.3 is 0 Å². The Hall–Kier alpha value is -1.22. The predicted octanol–water partition coefficient (Wildman–Crippen LogP) is 2.79. The first-order chi connectivity index (χ1) is 8.47. The SMILES string of the molecule is Cc1ccc(C(=O)N(C)CC2CC(Cl)C2)cc1O. The third kappa shape index (κ3) is 2.78. The molecule has 0 heterocycles. The van der Waals surface area contributed by atoms with Crippen LogP contribution in [0.1, 0.15) is 28.8 Å². The van der Waals surface area contributed by atoms with E-state index >= 15 is 0 Å². The molecular weight excluding hydrogens is 250 g/mol. The molecule has 18 heavy (non-hydrogen) atoms. The van der Waals surface area contributed by atoms with E-state index < -0.39 is 0 Å². The molecule has 1 aliphatic rings. The summed E-state index contributed by atoms with van der Waals surface area (Å²) in [5, 5.41) is 9.90. The van der Waals surface area contributed by atoms with Crippen molar-refractivity contribution in [2.75, 3.05) is 13.6 Å². The van der Waals surface area contributed by atoms with Crippen LogP contribution in [0.25, 0.3) is 0 Å². The highest BCUT2D eigenvalue weighted by molar-refractivity contribution is 6.21. The van der Waals surface area contributed by atoms with Gasteiger partial charge in [0.2, 0.25) is 0 Å². The van der Waals surface area contributed by atoms with Gasteiger partial charge in [0.15, 0.2) is 0 Å². The predicted molar refractivity (Wildman–Crippen MR) is 72.2 cm³/mol. The third-order valence-electron chi connectivity index (χ3n) is 3.51. The summed E-state index contributed by atoms with van der Waals surface area (Å²) in [6, 6.07) is 5.03. The summed E-state index contributed by atoms with van der Waals surface area (Å²) in [5.41, 5.74) is 1.31. The van der Waals surface area contributed by atoms with E-state index in [4.69, 9.17) is 11.6 Å². The van der Waals surface area contributed by atoms with Crippen LogP contribution in [-0.2, 0) is 0 Å². The first kappa shape index (κ1) is 13.2. The van der Waals surface area contributed by atoms with Gasteiger partial charge in [0.05, 0.1) is 0 Å². The van der Waals surface area contributed by atoms with Crippen molar-refractivity contribution in [1.82, 2.24) is 4.90 Å². The van der Waals surface area contributed by atoms with E-state index in [1.807, 2.05) is 6.92 Å². The molecule has 0 unspecified atom stereocenters. The molecule has 0 saturated heterocycles. The average Bonchev–Trinajstić information content (AvgIpc) is 2.29. The van der Waals surface area contributed by atoms with Gasteiger partial charge in [-0.3, -0.25) is 4.79 Å². The smallest absolute Gasteiger partial charge is 0.253 e. The summed E-state index contributed by atoms with van der Waals surface area (Å²) < 4.78 is 0. The van der Waals surface area contributed by atoms with Crippen molar-refractivity contribution in [2.45, 2.75) is 25.1 Å². The maximum absolute atomic E-state index is 12.1. The average molecular weight is 268 g/mol. The lowest BCUT2D eigenvalue weighted by Gasteiger charge is -2.34. The first-order valence-electron chi connectivity index (χ1n) is 6.16. The summed E-state index contributed by atoms with van der Waals surface area (Å²) >= 11 is 5.93. The fourth-order valence-electron chi connectivity index (χ4n) is 2.24. The molecule has 1 fully saturated rings. The first-order valence-corrected chi connectivity index (χ1v) is 6.60. The highest BCUT2D eigenvalue weighted by Crippen LogP contribution is 2.32. The molecule has 1 aliphatic carbocycles. The maximum Gasteiger partial charge on any atom is 0.253 e. The van der Waals surface area contributed by atoms with Crippen LogP contribution in [0.5, 0.6) is 5.75 Å². The second kappa shape index (κ2) is 5.19. The number of rotatable bonds is 3. The van der Waals surface area contributed by atoms with Crippen LogP contribution in [0.15, 0.2) is 18.2 Å². The standard InChI is InChI=1S/C14H18ClNO2/c1-9-3-4-11(7-13(9)17)14(18)16(2)8-10-5-12(15)6-10/h3-4,7,10,12,17H,5-6,8H2,1-2H3. The molecule has 0 aromatic heterocycles. The Bertz CT molecular complexity index is 455. The Labute approximate surface area is 112 Å². The van der Waals surface area contributed by atoms with E-state index in [1.165, 1.54) is 6.07 Å². The van der Waals surface area contributed by atoms with Gasteiger partial charge in [0.1, 0.15) is 5.75 Å². The Morgan fingerprint density at radius 3 is 2.72 bits per heavy atom. The maximum atomic E-state index is 12.1. The Morgan fingerprint density at radius 2 is 2.17 bits per heavy atom. The minimum atomic E-state index is -0.0525. The summed E-state index contributed by atoms with van der Waals surface area (Å²) in [7, 11) is 1.79. The molecule has 4 heteroatoms. The number of hydrogen-bond acceptors (Lipinski definition) is 2. The van der Waals surface area contributed by atoms with Crippen molar-refractivity contribution in [3.63, 3.8) is 0 Å². The van der Waals surface area contributed by atoms with Crippen molar-refractivity contribution < 1.29 is 9.90 Å². The van der Waals surface area contributed by atoms with Gasteiger partial charge in [0.25, 0.3) is 5.91 Å². The van der Waals surface area contributed by atoms with Gasteiger partial charge in [-0.1, -0.05) is 6.07 Å². The molecule has 2 rings (SSSR count). The number of amides is 1. The van der Waals surface area contributed by atoms with Crippen molar-refractivity contribution in [3.05, 3.63) is 29.3 Å². The van der Waals surface area contributed by atoms with Crippen molar-refractivity contribution in [2.24, 2.45) is 5.92 Å². The van der Waals surface area contributed by atoms with Crippen molar-refractivity contribution in [3.8, 4) is 5.75 Å². The van der Waals surface area contributed by atoms with Gasteiger partial charge in [0, 0.05) is 24.5 Å². The van der Waals surface area contributed by atoms with Gasteiger partial charge < -0.3 is 10.0 Å². The molecule has 1 N–H and O–H groups in total. The largest absolute Gasteiger partial charge is 0.508 e. The fourth-order valence-corrected chi connectivity index (χ4v) is 2.74. The van der Waals surface area contributed by atoms with Crippen LogP contribution in [0.4, 0.5) is 0 Å². The molecule has 0 aliphatic heterocycles. The Kier molecular flexibility index (Phi) is 3.81. The van der Waals surface area contributed by atoms with E-state index in [-0.39, 0.29) is 17.0 Å². The molecule has 1 amide bonds. The van der Waals surface area contributed by atoms with E-state index in [0.717, 1.165) is 24.9 Å². The number of nitrogens with zero attached hydrogens (tertiary/aromatic N) is 1. The topological polar surface area (TPSA) is 40.5 Å². The zero-order valence-electron chi connectivity index (χ0n) is 10.7. The molecule has 1 saturated carbocycles. The number of benzene rings is 1. The number of halogens is 1. The highest BCUT2D eigenvalue weighted by atomic mass is 35.5. The van der Waals surface area contributed by atoms with Crippen LogP contribution < -0.4 is 0 Å². The summed E-state index contributed by atoms with van der Waals surface area (Å²) in [6.07, 6.45) is 1.97. The molecule has 0 spiro atoms. The second-order valence-corrected chi connectivity index (χ2v) is 5.74. The normalized spacial score (nSPS) is 22.4. The molecule has 0 bridgehead atoms. The van der Waals surface area contributed by atoms with Crippen LogP contribution in [0.2, 0.25) is 0 Å². The van der Waals surface area contributed by atoms with E-state index in [0.29, 0.717) is 11.5 Å². The van der Waals surface area contributed by atoms with Crippen molar-refractivity contribution in [1.29, 1.82) is 0 Å². The van der Waals surface area contributed by atoms with Crippen molar-refractivity contribution >= 4 is 17.5 Å². The van der Waals surface area contributed by atoms with Crippen LogP contribution >= 0.6 is 11.6 Å². The van der Waals surface area contributed by atoms with Gasteiger partial charge in [-0.15, -0.1) is 11.6 Å². The second-order valence-electron chi connectivity index (χ2n) is 5.12. The summed E-state index contributed by atoms with van der Waals surface area (Å²) in [6.45, 7) is 2.54. The van der Waals surface area contributed by atoms with Crippen LogP contribution in [0.3, 0.4) is 0 Å². The molecule has 3 nitrogen and oxygen atoms in total. The monoisotopic (exact) mass is 267 g/mol. The van der Waals surface area contributed by atoms with E-state index in [2.05, 4.69) is 0 Å². The minimum absolute atomic E-state index is 0.0525. The molecule has 1 aromatic rings. The molecular formula is C14H18ClNO2. The lowest BCUT2D eigenvalue weighted by atomic mass is 9.84. The Morgan fingerprint density at radius 1 is 1.50 bits per heavy atom. The number of carbonyl (C=O) groups is 1. The number of carbonyl (C=O) groups excluding carboxylic acids is 1. The number of phenolic OH excluding ortho intramolecular Hbond substituents is 1. The quantitative estimate of drug-likeness (QED) is 0.856. The molecule has 0 atom stereocenters. The van der Waals surface area contributed by atoms with E-state index in [1.54, 1.807) is 24.1 Å². The number of alkyl halides is 1. The molecule has 98 valence electrons. The number of hydrogen-bond donors (Lipinski definition) is 1. The van der Waals surface area contributed by atoms with Crippen LogP contribution in [-0.4, -0.2) is 34.9 Å². The number of phenols is 1. The van der Waals surface area contributed by atoms with Gasteiger partial charge in [-0.05, 0) is 43.4 Å². The van der Waals surface area contributed by atoms with E-state index in [9.17, 15) is 9.90 Å². The Balaban J connectivity index is 1.99. The zero-order chi connectivity index (χ0) is 13.3. The summed E-state index contributed by atoms with van der Waals surface area (Å²) in [4.78, 5) is 13.9. The number of aromatic hydroxyl groups is 1. The summed E-state index contributed by atoms with van der Waals surface area (Å²) in [5.74, 6) is 0.627. The zero-order valence-corrected chi connectivity index (χ0v) is 11.4. The van der Waals surface area contributed by atoms with Gasteiger partial charge in [-0.2, -0.15) is 0 Å². The third-order valence-corrected chi connectivity index (χ3v) is 3.87. The van der Waals surface area contributed by atoms with Crippen LogP contribution in [0, 0.1) is 12.8 Å². The molecule has 1 aromatic carbocycles. The van der Waals surface area contributed by atoms with Gasteiger partial charge in [-0.25, -0.2) is 0 Å². The number of aryl methyl sites for hydroxylation is 1. The lowest BCUT2D eigenvalue weighted by molar-refractivity contribution is 0.0746.